The van der Waals surface area contributed by atoms with Crippen LogP contribution in [0, 0.1) is 29.6 Å². The van der Waals surface area contributed by atoms with Crippen LogP contribution in [0.4, 0.5) is 4.79 Å². The van der Waals surface area contributed by atoms with Gasteiger partial charge >= 0.3 is 18.0 Å². The molecule has 0 aromatic heterocycles. The van der Waals surface area contributed by atoms with E-state index in [9.17, 15) is 39.0 Å². The molecule has 1 aliphatic carbocycles. The number of Topliss-reactive ketones (excluding diaryl/α,β-unsaturated/α-hetero) is 2. The Bertz CT molecular complexity index is 1770. The van der Waals surface area contributed by atoms with Gasteiger partial charge in [-0.25, -0.2) is 9.59 Å². The summed E-state index contributed by atoms with van der Waals surface area (Å²) in [4.78, 5) is 81.7. The monoisotopic (exact) mass is 933 g/mol. The van der Waals surface area contributed by atoms with Gasteiger partial charge in [-0.2, -0.15) is 0 Å². The van der Waals surface area contributed by atoms with Crippen molar-refractivity contribution in [3.05, 3.63) is 36.0 Å². The Balaban J connectivity index is 1.70. The minimum Gasteiger partial charge on any atom is -0.481 e. The van der Waals surface area contributed by atoms with Gasteiger partial charge in [-0.1, -0.05) is 44.6 Å². The standard InChI is InChI=1S/C49H76N2O15/c1-10-14-34-22-28(2)21-29(3)23-40(62-8)44-41(63-9)25-31(5)49(60,66-44)45(56)46(57)51-20-12-11-15-35(51)47(58)65-43(32(6)36(52)27-37(34)53)30(4)24-33-17-18-38(39(26-33)61-7)64-48(59)50-19-13-16-42(54)55/h10,22,24,29,31-36,38-41,43-44,52,60H,1,11-21,23,25-27H2,2-9H3,(H,50,59)(H,54,55)/b28-22+,30-24?. The van der Waals surface area contributed by atoms with Crippen molar-refractivity contribution >= 4 is 35.5 Å². The number of carboxylic acid groups (broad SMARTS) is 1. The van der Waals surface area contributed by atoms with Gasteiger partial charge in [0.25, 0.3) is 11.7 Å². The van der Waals surface area contributed by atoms with E-state index in [0.29, 0.717) is 56.9 Å². The van der Waals surface area contributed by atoms with Gasteiger partial charge in [0, 0.05) is 65.0 Å². The molecule has 0 aromatic carbocycles. The van der Waals surface area contributed by atoms with E-state index < -0.39 is 102 Å². The zero-order chi connectivity index (χ0) is 48.9. The Kier molecular flexibility index (Phi) is 21.0. The lowest BCUT2D eigenvalue weighted by molar-refractivity contribution is -0.302. The van der Waals surface area contributed by atoms with Crippen LogP contribution in [0.15, 0.2) is 36.0 Å². The average molecular weight is 933 g/mol. The number of fused-ring (bicyclic) bond motifs is 3. The molecule has 0 radical (unpaired) electrons. The van der Waals surface area contributed by atoms with Crippen molar-refractivity contribution in [2.75, 3.05) is 34.4 Å². The molecule has 14 atom stereocenters. The first kappa shape index (κ1) is 54.6. The summed E-state index contributed by atoms with van der Waals surface area (Å²) in [6.07, 6.45) is 3.36. The fourth-order valence-electron chi connectivity index (χ4n) is 10.2. The number of aliphatic hydroxyl groups excluding tert-OH is 1. The number of hydrogen-bond donors (Lipinski definition) is 4. The van der Waals surface area contributed by atoms with Crippen molar-refractivity contribution in [1.29, 1.82) is 0 Å². The van der Waals surface area contributed by atoms with Crippen LogP contribution in [0.2, 0.25) is 0 Å². The maximum Gasteiger partial charge on any atom is 0.407 e. The molecule has 3 fully saturated rings. The van der Waals surface area contributed by atoms with E-state index >= 15 is 0 Å². The number of amides is 2. The summed E-state index contributed by atoms with van der Waals surface area (Å²) in [5.74, 6) is -9.23. The predicted molar refractivity (Wildman–Crippen MR) is 242 cm³/mol. The highest BCUT2D eigenvalue weighted by Gasteiger charge is 2.56. The van der Waals surface area contributed by atoms with Gasteiger partial charge in [-0.3, -0.25) is 19.2 Å². The van der Waals surface area contributed by atoms with E-state index in [4.69, 9.17) is 33.5 Å². The fourth-order valence-corrected chi connectivity index (χ4v) is 10.2. The highest BCUT2D eigenvalue weighted by Crippen LogP contribution is 2.39. The van der Waals surface area contributed by atoms with Gasteiger partial charge < -0.3 is 54.0 Å². The Morgan fingerprint density at radius 2 is 1.64 bits per heavy atom. The van der Waals surface area contributed by atoms with Crippen LogP contribution in [0.3, 0.4) is 0 Å². The number of allylic oxidation sites excluding steroid dienone is 4. The highest BCUT2D eigenvalue weighted by atomic mass is 16.7. The zero-order valence-corrected chi connectivity index (χ0v) is 40.2. The molecule has 2 saturated heterocycles. The molecule has 0 aromatic rings. The maximum atomic E-state index is 14.5. The Morgan fingerprint density at radius 3 is 2.29 bits per heavy atom. The number of carboxylic acids is 1. The van der Waals surface area contributed by atoms with E-state index in [1.807, 2.05) is 26.0 Å². The lowest BCUT2D eigenvalue weighted by atomic mass is 9.81. The molecule has 4 N–H and O–H groups in total. The number of aliphatic hydroxyl groups is 2. The lowest BCUT2D eigenvalue weighted by Gasteiger charge is -2.47. The summed E-state index contributed by atoms with van der Waals surface area (Å²) >= 11 is 0. The minimum atomic E-state index is -2.55. The van der Waals surface area contributed by atoms with Gasteiger partial charge in [0.05, 0.1) is 24.4 Å². The quantitative estimate of drug-likeness (QED) is 0.0849. The van der Waals surface area contributed by atoms with Gasteiger partial charge in [0.1, 0.15) is 30.1 Å². The molecule has 2 amide bonds. The molecule has 4 aliphatic rings. The van der Waals surface area contributed by atoms with E-state index in [2.05, 4.69) is 11.9 Å². The summed E-state index contributed by atoms with van der Waals surface area (Å²) in [6, 6.07) is -1.20. The Hall–Kier alpha value is -4.00. The second-order valence-electron chi connectivity index (χ2n) is 19.1. The molecular formula is C49H76N2O15. The van der Waals surface area contributed by atoms with Crippen LogP contribution in [0.25, 0.3) is 0 Å². The molecule has 66 heavy (non-hydrogen) atoms. The second kappa shape index (κ2) is 25.4. The number of esters is 1. The Morgan fingerprint density at radius 1 is 0.955 bits per heavy atom. The summed E-state index contributed by atoms with van der Waals surface area (Å²) in [7, 11) is 4.54. The summed E-state index contributed by atoms with van der Waals surface area (Å²) in [5.41, 5.74) is 1.51. The van der Waals surface area contributed by atoms with Crippen LogP contribution in [0.5, 0.6) is 0 Å². The molecule has 1 saturated carbocycles. The first-order valence-corrected chi connectivity index (χ1v) is 23.7. The van der Waals surface area contributed by atoms with E-state index in [0.717, 1.165) is 10.5 Å². The molecule has 4 rings (SSSR count). The molecule has 3 heterocycles. The number of rotatable bonds is 12. The second-order valence-corrected chi connectivity index (χ2v) is 19.1. The number of ketones is 2. The first-order chi connectivity index (χ1) is 31.3. The summed E-state index contributed by atoms with van der Waals surface area (Å²) < 4.78 is 35.7. The minimum absolute atomic E-state index is 0.0211. The van der Waals surface area contributed by atoms with E-state index in [1.165, 1.54) is 21.3 Å². The Labute approximate surface area is 390 Å². The van der Waals surface area contributed by atoms with Crippen LogP contribution < -0.4 is 5.32 Å². The van der Waals surface area contributed by atoms with Crippen molar-refractivity contribution in [3.63, 3.8) is 0 Å². The number of carbonyl (C=O) groups is 6. The van der Waals surface area contributed by atoms with Gasteiger partial charge in [0.2, 0.25) is 5.79 Å². The zero-order valence-electron chi connectivity index (χ0n) is 40.2. The number of cyclic esters (lactones) is 1. The molecule has 372 valence electrons. The smallest absolute Gasteiger partial charge is 0.407 e. The van der Waals surface area contributed by atoms with Gasteiger partial charge in [-0.05, 0) is 102 Å². The molecule has 17 nitrogen and oxygen atoms in total. The third-order valence-corrected chi connectivity index (χ3v) is 13.9. The number of methoxy groups -OCH3 is 3. The van der Waals surface area contributed by atoms with Crippen LogP contribution in [-0.4, -0.2) is 145 Å². The largest absolute Gasteiger partial charge is 0.481 e. The molecular weight excluding hydrogens is 857 g/mol. The lowest BCUT2D eigenvalue weighted by Crippen LogP contribution is -2.64. The maximum absolute atomic E-state index is 14.5. The third-order valence-electron chi connectivity index (χ3n) is 13.9. The molecule has 14 unspecified atom stereocenters. The molecule has 0 spiro atoms. The number of carbonyl (C=O) groups excluding carboxylic acids is 5. The SMILES string of the molecule is C=CCC1/C=C(\C)CC(C)CC(OC)C2OC(O)(C(=O)C(=O)N3CCCCC3C(=O)OC(C(C)=CC3CCC(OC(=O)NCCCC(=O)O)C(OC)C3)C(C)C(O)CC1=O)C(C)CC2OC. The van der Waals surface area contributed by atoms with Crippen molar-refractivity contribution in [3.8, 4) is 0 Å². The first-order valence-electron chi connectivity index (χ1n) is 23.7. The topological polar surface area (TPSA) is 234 Å². The highest BCUT2D eigenvalue weighted by molar-refractivity contribution is 6.39. The van der Waals surface area contributed by atoms with Crippen LogP contribution in [-0.2, 0) is 52.4 Å². The number of aliphatic carboxylic acids is 1. The number of nitrogens with one attached hydrogen (secondary N) is 1. The number of hydrogen-bond acceptors (Lipinski definition) is 14. The van der Waals surface area contributed by atoms with Crippen molar-refractivity contribution in [2.24, 2.45) is 29.6 Å². The molecule has 3 aliphatic heterocycles. The normalized spacial score (nSPS) is 36.8. The van der Waals surface area contributed by atoms with Crippen LogP contribution in [0.1, 0.15) is 118 Å². The van der Waals surface area contributed by atoms with Crippen molar-refractivity contribution in [1.82, 2.24) is 10.2 Å². The number of nitrogens with zero attached hydrogens (tertiary/aromatic N) is 1. The predicted octanol–water partition coefficient (Wildman–Crippen LogP) is 5.24. The van der Waals surface area contributed by atoms with E-state index in [-0.39, 0.29) is 62.8 Å². The number of ether oxygens (including phenoxy) is 6. The summed E-state index contributed by atoms with van der Waals surface area (Å²) in [6.45, 7) is 13.1. The number of alkyl carbamates (subject to hydrolysis) is 1. The molecule has 17 heteroatoms. The third kappa shape index (κ3) is 14.3. The molecule has 2 bridgehead atoms. The average Bonchev–Trinajstić information content (AvgIpc) is 3.28. The van der Waals surface area contributed by atoms with Gasteiger partial charge in [0.15, 0.2) is 0 Å². The van der Waals surface area contributed by atoms with Crippen molar-refractivity contribution < 1.29 is 72.5 Å². The van der Waals surface area contributed by atoms with Gasteiger partial charge in [-0.15, -0.1) is 6.58 Å². The van der Waals surface area contributed by atoms with E-state index in [1.54, 1.807) is 26.8 Å². The fraction of sp³-hybridized carbons (Fsp3) is 0.755. The number of piperidine rings is 1. The summed E-state index contributed by atoms with van der Waals surface area (Å²) in [5, 5.41) is 35.4. The van der Waals surface area contributed by atoms with Crippen LogP contribution >= 0.6 is 0 Å². The van der Waals surface area contributed by atoms with Crippen molar-refractivity contribution in [2.45, 2.75) is 173 Å².